The van der Waals surface area contributed by atoms with Crippen molar-refractivity contribution in [2.45, 2.75) is 64.0 Å². The summed E-state index contributed by atoms with van der Waals surface area (Å²) in [5.74, 6) is 0.398. The van der Waals surface area contributed by atoms with Crippen LogP contribution in [0.15, 0.2) is 36.4 Å². The van der Waals surface area contributed by atoms with Crippen molar-refractivity contribution in [1.82, 2.24) is 4.98 Å². The van der Waals surface area contributed by atoms with Crippen LogP contribution in [-0.4, -0.2) is 9.73 Å². The van der Waals surface area contributed by atoms with Gasteiger partial charge in [0.25, 0.3) is 0 Å². The monoisotopic (exact) mass is 460 g/mol. The molecule has 0 amide bonds. The second-order valence-electron chi connectivity index (χ2n) is 8.21. The first kappa shape index (κ1) is 23.2. The largest absolute Gasteiger partial charge is 0.398 e. The highest BCUT2D eigenvalue weighted by Crippen LogP contribution is 2.51. The van der Waals surface area contributed by atoms with Gasteiger partial charge >= 0.3 is 0 Å². The second kappa shape index (κ2) is 9.38. The van der Waals surface area contributed by atoms with Gasteiger partial charge in [0.1, 0.15) is 0 Å². The van der Waals surface area contributed by atoms with Gasteiger partial charge in [0.05, 0.1) is 16.2 Å². The van der Waals surface area contributed by atoms with E-state index in [2.05, 4.69) is 43.8 Å². The summed E-state index contributed by atoms with van der Waals surface area (Å²) in [6.45, 7) is 8.18. The molecule has 1 heterocycles. The van der Waals surface area contributed by atoms with Crippen LogP contribution in [0.1, 0.15) is 61.9 Å². The Bertz CT molecular complexity index is 1050. The average Bonchev–Trinajstić information content (AvgIpc) is 2.70. The zero-order valence-electron chi connectivity index (χ0n) is 18.1. The number of halogens is 2. The quantitative estimate of drug-likeness (QED) is 0.307. The van der Waals surface area contributed by atoms with Gasteiger partial charge in [0.2, 0.25) is 0 Å². The molecule has 1 fully saturated rings. The van der Waals surface area contributed by atoms with Gasteiger partial charge in [0, 0.05) is 20.8 Å². The number of anilines is 1. The molecule has 0 saturated heterocycles. The summed E-state index contributed by atoms with van der Waals surface area (Å²) >= 11 is 18.1. The van der Waals surface area contributed by atoms with Crippen molar-refractivity contribution in [3.8, 4) is 0 Å². The Hall–Kier alpha value is -1.42. The van der Waals surface area contributed by atoms with E-state index < -0.39 is 0 Å². The van der Waals surface area contributed by atoms with E-state index in [4.69, 9.17) is 33.9 Å². The first-order chi connectivity index (χ1) is 14.2. The molecule has 2 aromatic carbocycles. The Kier molecular flexibility index (Phi) is 7.27. The van der Waals surface area contributed by atoms with Crippen LogP contribution in [-0.2, 0) is 12.8 Å². The highest BCUT2D eigenvalue weighted by molar-refractivity contribution is 7.81. The van der Waals surface area contributed by atoms with Crippen LogP contribution in [0.25, 0.3) is 10.9 Å². The molecule has 0 spiro atoms. The smallest absolute Gasteiger partial charge is 0.0737 e. The SMILES string of the molecule is CC.Cc1ccc2cccc(CCc3c(Cl)c(N)cc(C4CC(C)(S)C4)c3Cl)c2n1. The van der Waals surface area contributed by atoms with Gasteiger partial charge in [-0.15, -0.1) is 0 Å². The predicted octanol–water partition coefficient (Wildman–Crippen LogP) is 7.81. The van der Waals surface area contributed by atoms with Crippen LogP contribution < -0.4 is 5.73 Å². The summed E-state index contributed by atoms with van der Waals surface area (Å²) in [7, 11) is 0. The van der Waals surface area contributed by atoms with Gasteiger partial charge in [-0.1, -0.05) is 68.2 Å². The van der Waals surface area contributed by atoms with E-state index in [1.165, 1.54) is 5.56 Å². The van der Waals surface area contributed by atoms with Crippen LogP contribution in [0.4, 0.5) is 5.69 Å². The molecule has 5 heteroatoms. The molecule has 0 bridgehead atoms. The third-order valence-corrected chi connectivity index (χ3v) is 7.01. The number of para-hydroxylation sites is 1. The fourth-order valence-corrected chi connectivity index (χ4v) is 5.38. The van der Waals surface area contributed by atoms with E-state index >= 15 is 0 Å². The molecule has 160 valence electrons. The van der Waals surface area contributed by atoms with Gasteiger partial charge in [-0.2, -0.15) is 12.6 Å². The number of pyridine rings is 1. The van der Waals surface area contributed by atoms with Crippen molar-refractivity contribution in [2.75, 3.05) is 5.73 Å². The Balaban J connectivity index is 0.00000124. The fourth-order valence-electron chi connectivity index (χ4n) is 4.24. The molecular weight excluding hydrogens is 431 g/mol. The molecule has 30 heavy (non-hydrogen) atoms. The normalized spacial score (nSPS) is 20.4. The summed E-state index contributed by atoms with van der Waals surface area (Å²) in [5.41, 5.74) is 12.1. The van der Waals surface area contributed by atoms with Crippen LogP contribution >= 0.6 is 35.8 Å². The number of hydrogen-bond donors (Lipinski definition) is 2. The molecule has 0 aliphatic heterocycles. The standard InChI is InChI=1S/C23H24Cl2N2S.C2H6/c1-13-6-7-14-4-3-5-15(22(14)27-13)8-9-17-20(24)18(10-19(26)21(17)25)16-11-23(2,28)12-16;1-2/h3-7,10,16,28H,8-9,11-12,26H2,1-2H3;1-2H3. The molecule has 3 aromatic rings. The van der Waals surface area contributed by atoms with Gasteiger partial charge in [0.15, 0.2) is 0 Å². The molecule has 4 rings (SSSR count). The highest BCUT2D eigenvalue weighted by Gasteiger charge is 2.39. The van der Waals surface area contributed by atoms with Crippen molar-refractivity contribution in [1.29, 1.82) is 0 Å². The first-order valence-electron chi connectivity index (χ1n) is 10.6. The molecule has 2 nitrogen and oxygen atoms in total. The molecule has 0 atom stereocenters. The molecular formula is C25H30Cl2N2S. The maximum absolute atomic E-state index is 6.82. The van der Waals surface area contributed by atoms with Gasteiger partial charge in [-0.3, -0.25) is 4.98 Å². The summed E-state index contributed by atoms with van der Waals surface area (Å²) in [6, 6.07) is 12.4. The Morgan fingerprint density at radius 3 is 2.47 bits per heavy atom. The number of benzene rings is 2. The summed E-state index contributed by atoms with van der Waals surface area (Å²) < 4.78 is 0.0784. The van der Waals surface area contributed by atoms with E-state index in [9.17, 15) is 0 Å². The molecule has 1 aliphatic carbocycles. The minimum atomic E-state index is 0.0784. The molecule has 1 aliphatic rings. The van der Waals surface area contributed by atoms with Crippen molar-refractivity contribution < 1.29 is 0 Å². The highest BCUT2D eigenvalue weighted by atomic mass is 35.5. The number of nitrogens with two attached hydrogens (primary N) is 1. The van der Waals surface area contributed by atoms with E-state index in [0.717, 1.165) is 58.4 Å². The number of aromatic nitrogens is 1. The number of thiol groups is 1. The van der Waals surface area contributed by atoms with Crippen molar-refractivity contribution in [3.63, 3.8) is 0 Å². The van der Waals surface area contributed by atoms with Gasteiger partial charge in [-0.05, 0) is 67.3 Å². The van der Waals surface area contributed by atoms with Crippen LogP contribution in [0.3, 0.4) is 0 Å². The number of nitrogens with zero attached hydrogens (tertiary/aromatic N) is 1. The number of nitrogen functional groups attached to an aromatic ring is 1. The summed E-state index contributed by atoms with van der Waals surface area (Å²) in [5, 5.41) is 2.49. The first-order valence-corrected chi connectivity index (χ1v) is 11.8. The van der Waals surface area contributed by atoms with Crippen LogP contribution in [0.5, 0.6) is 0 Å². The molecule has 0 radical (unpaired) electrons. The lowest BCUT2D eigenvalue weighted by molar-refractivity contribution is 0.332. The lowest BCUT2D eigenvalue weighted by Gasteiger charge is -2.42. The number of rotatable bonds is 4. The Labute approximate surface area is 195 Å². The molecule has 1 aromatic heterocycles. The number of aryl methyl sites for hydroxylation is 2. The van der Waals surface area contributed by atoms with E-state index in [0.29, 0.717) is 16.6 Å². The van der Waals surface area contributed by atoms with E-state index in [1.807, 2.05) is 32.9 Å². The lowest BCUT2D eigenvalue weighted by atomic mass is 9.71. The molecule has 2 N–H and O–H groups in total. The van der Waals surface area contributed by atoms with Crippen LogP contribution in [0.2, 0.25) is 10.0 Å². The van der Waals surface area contributed by atoms with Crippen molar-refractivity contribution >= 4 is 52.4 Å². The molecule has 0 unspecified atom stereocenters. The number of hydrogen-bond acceptors (Lipinski definition) is 3. The third kappa shape index (κ3) is 4.74. The predicted molar refractivity (Wildman–Crippen MR) is 135 cm³/mol. The second-order valence-corrected chi connectivity index (χ2v) is 10.0. The molecule has 1 saturated carbocycles. The minimum Gasteiger partial charge on any atom is -0.398 e. The van der Waals surface area contributed by atoms with Gasteiger partial charge < -0.3 is 5.73 Å². The van der Waals surface area contributed by atoms with Crippen LogP contribution in [0, 0.1) is 6.92 Å². The van der Waals surface area contributed by atoms with E-state index in [-0.39, 0.29) is 4.75 Å². The van der Waals surface area contributed by atoms with Gasteiger partial charge in [-0.25, -0.2) is 0 Å². The maximum Gasteiger partial charge on any atom is 0.0737 e. The Morgan fingerprint density at radius 1 is 1.10 bits per heavy atom. The minimum absolute atomic E-state index is 0.0784. The topological polar surface area (TPSA) is 38.9 Å². The maximum atomic E-state index is 6.82. The summed E-state index contributed by atoms with van der Waals surface area (Å²) in [4.78, 5) is 4.74. The lowest BCUT2D eigenvalue weighted by Crippen LogP contribution is -2.34. The average molecular weight is 462 g/mol. The third-order valence-electron chi connectivity index (χ3n) is 5.75. The zero-order valence-corrected chi connectivity index (χ0v) is 20.5. The zero-order chi connectivity index (χ0) is 22.1. The van der Waals surface area contributed by atoms with Crippen molar-refractivity contribution in [3.05, 3.63) is 68.8 Å². The Morgan fingerprint density at radius 2 is 1.80 bits per heavy atom. The summed E-state index contributed by atoms with van der Waals surface area (Å²) in [6.07, 6.45) is 3.55. The number of fused-ring (bicyclic) bond motifs is 1. The van der Waals surface area contributed by atoms with E-state index in [1.54, 1.807) is 0 Å². The fraction of sp³-hybridized carbons (Fsp3) is 0.400. The van der Waals surface area contributed by atoms with Crippen molar-refractivity contribution in [2.24, 2.45) is 0 Å².